The number of benzene rings is 1. The Labute approximate surface area is 71.9 Å². The first-order valence-electron chi connectivity index (χ1n) is 3.71. The maximum absolute atomic E-state index is 10.6. The van der Waals surface area contributed by atoms with Crippen LogP contribution in [0.15, 0.2) is 30.8 Å². The smallest absolute Gasteiger partial charge is 0.150 e. The molecule has 0 fully saturated rings. The lowest BCUT2D eigenvalue weighted by atomic mass is 10.1. The SMILES string of the molecule is C=C(NC)c1ccccc1C=O. The van der Waals surface area contributed by atoms with Crippen LogP contribution in [0.4, 0.5) is 0 Å². The van der Waals surface area contributed by atoms with Gasteiger partial charge in [0.05, 0.1) is 0 Å². The summed E-state index contributed by atoms with van der Waals surface area (Å²) in [6.45, 7) is 3.78. The number of aldehydes is 1. The lowest BCUT2D eigenvalue weighted by molar-refractivity contribution is 0.112. The van der Waals surface area contributed by atoms with E-state index in [0.717, 1.165) is 17.5 Å². The largest absolute Gasteiger partial charge is 0.388 e. The monoisotopic (exact) mass is 161 g/mol. The van der Waals surface area contributed by atoms with Gasteiger partial charge in [0, 0.05) is 23.9 Å². The first-order chi connectivity index (χ1) is 5.79. The summed E-state index contributed by atoms with van der Waals surface area (Å²) >= 11 is 0. The van der Waals surface area contributed by atoms with E-state index in [1.807, 2.05) is 18.2 Å². The van der Waals surface area contributed by atoms with Crippen molar-refractivity contribution < 1.29 is 4.79 Å². The summed E-state index contributed by atoms with van der Waals surface area (Å²) in [7, 11) is 1.78. The molecule has 1 N–H and O–H groups in total. The molecular formula is C10H11NO. The first-order valence-corrected chi connectivity index (χ1v) is 3.71. The van der Waals surface area contributed by atoms with Gasteiger partial charge in [-0.3, -0.25) is 4.79 Å². The zero-order chi connectivity index (χ0) is 8.97. The van der Waals surface area contributed by atoms with Crippen LogP contribution in [-0.4, -0.2) is 13.3 Å². The number of hydrogen-bond donors (Lipinski definition) is 1. The standard InChI is InChI=1S/C10H11NO/c1-8(11-2)10-6-4-3-5-9(10)7-12/h3-7,11H,1H2,2H3. The van der Waals surface area contributed by atoms with E-state index in [4.69, 9.17) is 0 Å². The Balaban J connectivity index is 3.13. The second-order valence-corrected chi connectivity index (χ2v) is 2.43. The predicted molar refractivity (Wildman–Crippen MR) is 49.9 cm³/mol. The van der Waals surface area contributed by atoms with Crippen molar-refractivity contribution in [2.75, 3.05) is 7.05 Å². The molecule has 1 aromatic carbocycles. The van der Waals surface area contributed by atoms with Crippen LogP contribution in [0.3, 0.4) is 0 Å². The fourth-order valence-corrected chi connectivity index (χ4v) is 1.01. The van der Waals surface area contributed by atoms with Crippen molar-refractivity contribution in [3.63, 3.8) is 0 Å². The summed E-state index contributed by atoms with van der Waals surface area (Å²) in [4.78, 5) is 10.6. The Morgan fingerprint density at radius 3 is 2.75 bits per heavy atom. The van der Waals surface area contributed by atoms with Gasteiger partial charge >= 0.3 is 0 Å². The fraction of sp³-hybridized carbons (Fsp3) is 0.100. The van der Waals surface area contributed by atoms with Crippen LogP contribution in [0.2, 0.25) is 0 Å². The molecule has 0 spiro atoms. The summed E-state index contributed by atoms with van der Waals surface area (Å²) in [5, 5.41) is 2.90. The molecule has 0 atom stereocenters. The molecule has 2 nitrogen and oxygen atoms in total. The quantitative estimate of drug-likeness (QED) is 0.683. The van der Waals surface area contributed by atoms with E-state index < -0.39 is 0 Å². The summed E-state index contributed by atoms with van der Waals surface area (Å²) in [6, 6.07) is 7.34. The van der Waals surface area contributed by atoms with Crippen LogP contribution in [0.1, 0.15) is 15.9 Å². The van der Waals surface area contributed by atoms with Gasteiger partial charge in [-0.2, -0.15) is 0 Å². The van der Waals surface area contributed by atoms with E-state index in [1.165, 1.54) is 0 Å². The Kier molecular flexibility index (Phi) is 2.64. The summed E-state index contributed by atoms with van der Waals surface area (Å²) in [5.41, 5.74) is 2.28. The van der Waals surface area contributed by atoms with Gasteiger partial charge in [0.1, 0.15) is 0 Å². The molecule has 0 aliphatic heterocycles. The zero-order valence-corrected chi connectivity index (χ0v) is 7.00. The summed E-state index contributed by atoms with van der Waals surface area (Å²) in [6.07, 6.45) is 0.831. The molecular weight excluding hydrogens is 150 g/mol. The van der Waals surface area contributed by atoms with Gasteiger partial charge in [-0.15, -0.1) is 0 Å². The van der Waals surface area contributed by atoms with E-state index in [9.17, 15) is 4.79 Å². The molecule has 0 saturated carbocycles. The Morgan fingerprint density at radius 2 is 2.17 bits per heavy atom. The Morgan fingerprint density at radius 1 is 1.50 bits per heavy atom. The highest BCUT2D eigenvalue weighted by molar-refractivity contribution is 5.84. The maximum Gasteiger partial charge on any atom is 0.150 e. The molecule has 0 amide bonds. The second-order valence-electron chi connectivity index (χ2n) is 2.43. The highest BCUT2D eigenvalue weighted by Gasteiger charge is 2.01. The minimum absolute atomic E-state index is 0.664. The van der Waals surface area contributed by atoms with Crippen molar-refractivity contribution in [2.24, 2.45) is 0 Å². The Bertz CT molecular complexity index is 304. The lowest BCUT2D eigenvalue weighted by Gasteiger charge is -2.06. The molecule has 0 heterocycles. The van der Waals surface area contributed by atoms with E-state index in [1.54, 1.807) is 13.1 Å². The number of rotatable bonds is 3. The van der Waals surface area contributed by atoms with Gasteiger partial charge in [0.2, 0.25) is 0 Å². The number of nitrogens with one attached hydrogen (secondary N) is 1. The van der Waals surface area contributed by atoms with E-state index in [2.05, 4.69) is 11.9 Å². The van der Waals surface area contributed by atoms with Crippen molar-refractivity contribution in [2.45, 2.75) is 0 Å². The Hall–Kier alpha value is -1.57. The molecule has 0 aliphatic carbocycles. The number of carbonyl (C=O) groups excluding carboxylic acids is 1. The number of hydrogen-bond acceptors (Lipinski definition) is 2. The van der Waals surface area contributed by atoms with Gasteiger partial charge in [-0.1, -0.05) is 30.8 Å². The second kappa shape index (κ2) is 3.72. The molecule has 0 aromatic heterocycles. The van der Waals surface area contributed by atoms with Crippen molar-refractivity contribution in [3.05, 3.63) is 42.0 Å². The first kappa shape index (κ1) is 8.53. The average Bonchev–Trinajstić information content (AvgIpc) is 2.16. The van der Waals surface area contributed by atoms with Crippen molar-refractivity contribution in [1.29, 1.82) is 0 Å². The third-order valence-electron chi connectivity index (χ3n) is 1.71. The molecule has 62 valence electrons. The van der Waals surface area contributed by atoms with Crippen LogP contribution < -0.4 is 5.32 Å². The van der Waals surface area contributed by atoms with Crippen LogP contribution in [-0.2, 0) is 0 Å². The van der Waals surface area contributed by atoms with Gasteiger partial charge in [-0.25, -0.2) is 0 Å². The fourth-order valence-electron chi connectivity index (χ4n) is 1.01. The van der Waals surface area contributed by atoms with Gasteiger partial charge < -0.3 is 5.32 Å². The maximum atomic E-state index is 10.6. The summed E-state index contributed by atoms with van der Waals surface area (Å²) in [5.74, 6) is 0. The minimum Gasteiger partial charge on any atom is -0.388 e. The topological polar surface area (TPSA) is 29.1 Å². The lowest BCUT2D eigenvalue weighted by Crippen LogP contribution is -2.05. The van der Waals surface area contributed by atoms with Crippen molar-refractivity contribution >= 4 is 12.0 Å². The molecule has 12 heavy (non-hydrogen) atoms. The molecule has 0 bridgehead atoms. The minimum atomic E-state index is 0.664. The third-order valence-corrected chi connectivity index (χ3v) is 1.71. The highest BCUT2D eigenvalue weighted by Crippen LogP contribution is 2.12. The van der Waals surface area contributed by atoms with Gasteiger partial charge in [-0.05, 0) is 0 Å². The van der Waals surface area contributed by atoms with Crippen LogP contribution in [0.5, 0.6) is 0 Å². The molecule has 0 unspecified atom stereocenters. The van der Waals surface area contributed by atoms with Crippen LogP contribution >= 0.6 is 0 Å². The van der Waals surface area contributed by atoms with Crippen molar-refractivity contribution in [3.8, 4) is 0 Å². The highest BCUT2D eigenvalue weighted by atomic mass is 16.1. The van der Waals surface area contributed by atoms with E-state index >= 15 is 0 Å². The van der Waals surface area contributed by atoms with Crippen LogP contribution in [0.25, 0.3) is 5.70 Å². The zero-order valence-electron chi connectivity index (χ0n) is 7.00. The molecule has 1 rings (SSSR count). The number of carbonyl (C=O) groups is 1. The van der Waals surface area contributed by atoms with Gasteiger partial charge in [0.15, 0.2) is 6.29 Å². The normalized spacial score (nSPS) is 9.08. The van der Waals surface area contributed by atoms with Gasteiger partial charge in [0.25, 0.3) is 0 Å². The molecule has 0 saturated heterocycles. The molecule has 2 heteroatoms. The predicted octanol–water partition coefficient (Wildman–Crippen LogP) is 1.69. The van der Waals surface area contributed by atoms with E-state index in [-0.39, 0.29) is 0 Å². The van der Waals surface area contributed by atoms with Crippen molar-refractivity contribution in [1.82, 2.24) is 5.32 Å². The van der Waals surface area contributed by atoms with Crippen LogP contribution in [0, 0.1) is 0 Å². The third kappa shape index (κ3) is 1.53. The molecule has 1 aromatic rings. The van der Waals surface area contributed by atoms with E-state index in [0.29, 0.717) is 5.56 Å². The molecule has 0 aliphatic rings. The summed E-state index contributed by atoms with van der Waals surface area (Å²) < 4.78 is 0. The molecule has 0 radical (unpaired) electrons. The average molecular weight is 161 g/mol.